The van der Waals surface area contributed by atoms with Gasteiger partial charge in [0.2, 0.25) is 11.8 Å². The third kappa shape index (κ3) is 4.10. The van der Waals surface area contributed by atoms with Crippen LogP contribution in [0.5, 0.6) is 0 Å². The molecule has 1 aromatic carbocycles. The molecular weight excluding hydrogens is 290 g/mol. The van der Waals surface area contributed by atoms with Crippen LogP contribution in [0, 0.1) is 5.92 Å². The third-order valence-electron chi connectivity index (χ3n) is 4.98. The first kappa shape index (κ1) is 16.0. The summed E-state index contributed by atoms with van der Waals surface area (Å²) in [6.45, 7) is 0.357. The van der Waals surface area contributed by atoms with Gasteiger partial charge in [0, 0.05) is 37.2 Å². The van der Waals surface area contributed by atoms with E-state index in [0.717, 1.165) is 18.5 Å². The van der Waals surface area contributed by atoms with Crippen LogP contribution >= 0.6 is 0 Å². The normalized spacial score (nSPS) is 26.0. The number of anilines is 1. The largest absolute Gasteiger partial charge is 0.370 e. The molecule has 2 amide bonds. The maximum absolute atomic E-state index is 12.8. The van der Waals surface area contributed by atoms with Crippen molar-refractivity contribution in [1.29, 1.82) is 0 Å². The van der Waals surface area contributed by atoms with Gasteiger partial charge in [-0.3, -0.25) is 9.59 Å². The summed E-state index contributed by atoms with van der Waals surface area (Å²) in [6, 6.07) is 10.7. The average Bonchev–Trinajstić information content (AvgIpc) is 2.87. The van der Waals surface area contributed by atoms with Crippen LogP contribution in [0.2, 0.25) is 0 Å². The third-order valence-corrected chi connectivity index (χ3v) is 4.98. The van der Waals surface area contributed by atoms with E-state index in [1.807, 2.05) is 30.3 Å². The van der Waals surface area contributed by atoms with E-state index < -0.39 is 0 Å². The monoisotopic (exact) mass is 315 g/mol. The minimum atomic E-state index is -0.376. The molecule has 0 aromatic heterocycles. The molecule has 2 unspecified atom stereocenters. The van der Waals surface area contributed by atoms with Crippen molar-refractivity contribution < 1.29 is 9.59 Å². The lowest BCUT2D eigenvalue weighted by Crippen LogP contribution is -2.41. The Balaban J connectivity index is 1.66. The lowest BCUT2D eigenvalue weighted by molar-refractivity contribution is -0.120. The zero-order chi connectivity index (χ0) is 16.2. The zero-order valence-electron chi connectivity index (χ0n) is 13.4. The molecule has 2 fully saturated rings. The molecule has 2 bridgehead atoms. The molecule has 2 atom stereocenters. The van der Waals surface area contributed by atoms with Crippen molar-refractivity contribution in [2.24, 2.45) is 11.7 Å². The number of carbonyl (C=O) groups excluding carboxylic acids is 2. The highest BCUT2D eigenvalue weighted by Gasteiger charge is 2.34. The van der Waals surface area contributed by atoms with Crippen molar-refractivity contribution in [3.63, 3.8) is 0 Å². The second kappa shape index (κ2) is 7.13. The maximum atomic E-state index is 12.8. The Kier molecular flexibility index (Phi) is 4.96. The Labute approximate surface area is 137 Å². The molecule has 2 aliphatic rings. The first-order chi connectivity index (χ1) is 11.1. The van der Waals surface area contributed by atoms with Gasteiger partial charge in [-0.05, 0) is 43.7 Å². The highest BCUT2D eigenvalue weighted by molar-refractivity contribution is 5.94. The van der Waals surface area contributed by atoms with Gasteiger partial charge < -0.3 is 16.0 Å². The van der Waals surface area contributed by atoms with Crippen LogP contribution in [-0.4, -0.2) is 30.4 Å². The second-order valence-electron chi connectivity index (χ2n) is 6.78. The van der Waals surface area contributed by atoms with Crippen LogP contribution in [0.15, 0.2) is 30.3 Å². The average molecular weight is 315 g/mol. The van der Waals surface area contributed by atoms with E-state index in [4.69, 9.17) is 5.73 Å². The summed E-state index contributed by atoms with van der Waals surface area (Å²) >= 11 is 0. The van der Waals surface area contributed by atoms with Gasteiger partial charge in [-0.1, -0.05) is 18.2 Å². The Bertz CT molecular complexity index is 549. The number of hydrogen-bond donors (Lipinski definition) is 2. The molecule has 5 heteroatoms. The standard InChI is InChI=1S/C18H25N3O2/c19-17(22)8-9-21(16-4-2-1-3-5-16)18(23)12-13-10-14-6-7-15(11-13)20-14/h1-5,13-15,20H,6-12H2,(H2,19,22). The van der Waals surface area contributed by atoms with Crippen molar-refractivity contribution in [2.75, 3.05) is 11.4 Å². The number of nitrogens with zero attached hydrogens (tertiary/aromatic N) is 1. The van der Waals surface area contributed by atoms with Crippen LogP contribution < -0.4 is 16.0 Å². The van der Waals surface area contributed by atoms with Crippen molar-refractivity contribution in [3.05, 3.63) is 30.3 Å². The van der Waals surface area contributed by atoms with Crippen molar-refractivity contribution >= 4 is 17.5 Å². The Morgan fingerprint density at radius 1 is 1.13 bits per heavy atom. The van der Waals surface area contributed by atoms with Crippen LogP contribution in [-0.2, 0) is 9.59 Å². The molecule has 124 valence electrons. The summed E-state index contributed by atoms with van der Waals surface area (Å²) in [4.78, 5) is 25.6. The maximum Gasteiger partial charge on any atom is 0.227 e. The molecular formula is C18H25N3O2. The minimum Gasteiger partial charge on any atom is -0.370 e. The van der Waals surface area contributed by atoms with Crippen LogP contribution in [0.25, 0.3) is 0 Å². The van der Waals surface area contributed by atoms with Crippen LogP contribution in [0.3, 0.4) is 0 Å². The molecule has 3 N–H and O–H groups in total. The van der Waals surface area contributed by atoms with Gasteiger partial charge in [-0.15, -0.1) is 0 Å². The summed E-state index contributed by atoms with van der Waals surface area (Å²) in [7, 11) is 0. The topological polar surface area (TPSA) is 75.4 Å². The van der Waals surface area contributed by atoms with E-state index in [1.165, 1.54) is 12.8 Å². The van der Waals surface area contributed by atoms with E-state index in [0.29, 0.717) is 31.0 Å². The number of primary amides is 1. The fourth-order valence-electron chi connectivity index (χ4n) is 3.93. The smallest absolute Gasteiger partial charge is 0.227 e. The van der Waals surface area contributed by atoms with Crippen molar-refractivity contribution in [1.82, 2.24) is 5.32 Å². The fraction of sp³-hybridized carbons (Fsp3) is 0.556. The number of rotatable bonds is 6. The summed E-state index contributed by atoms with van der Waals surface area (Å²) in [5, 5.41) is 3.61. The minimum absolute atomic E-state index is 0.101. The van der Waals surface area contributed by atoms with Gasteiger partial charge in [0.15, 0.2) is 0 Å². The number of para-hydroxylation sites is 1. The van der Waals surface area contributed by atoms with Crippen molar-refractivity contribution in [3.8, 4) is 0 Å². The van der Waals surface area contributed by atoms with Gasteiger partial charge in [0.25, 0.3) is 0 Å². The van der Waals surface area contributed by atoms with Gasteiger partial charge >= 0.3 is 0 Å². The molecule has 2 heterocycles. The molecule has 1 aromatic rings. The molecule has 0 radical (unpaired) electrons. The summed E-state index contributed by atoms with van der Waals surface area (Å²) in [5.41, 5.74) is 6.11. The van der Waals surface area contributed by atoms with Crippen molar-refractivity contribution in [2.45, 2.75) is 50.6 Å². The summed E-state index contributed by atoms with van der Waals surface area (Å²) in [6.07, 6.45) is 5.39. The first-order valence-electron chi connectivity index (χ1n) is 8.51. The molecule has 2 aliphatic heterocycles. The lowest BCUT2D eigenvalue weighted by atomic mass is 9.89. The van der Waals surface area contributed by atoms with Gasteiger partial charge in [0.1, 0.15) is 0 Å². The van der Waals surface area contributed by atoms with Crippen LogP contribution in [0.1, 0.15) is 38.5 Å². The Hall–Kier alpha value is -1.88. The zero-order valence-corrected chi connectivity index (χ0v) is 13.4. The predicted molar refractivity (Wildman–Crippen MR) is 89.9 cm³/mol. The molecule has 3 rings (SSSR count). The first-order valence-corrected chi connectivity index (χ1v) is 8.51. The number of hydrogen-bond acceptors (Lipinski definition) is 3. The second-order valence-corrected chi connectivity index (χ2v) is 6.78. The van der Waals surface area contributed by atoms with Crippen LogP contribution in [0.4, 0.5) is 5.69 Å². The van der Waals surface area contributed by atoms with Gasteiger partial charge in [-0.2, -0.15) is 0 Å². The number of amides is 2. The number of nitrogens with one attached hydrogen (secondary N) is 1. The molecule has 0 aliphatic carbocycles. The van der Waals surface area contributed by atoms with E-state index in [-0.39, 0.29) is 18.2 Å². The van der Waals surface area contributed by atoms with E-state index >= 15 is 0 Å². The Morgan fingerprint density at radius 3 is 2.39 bits per heavy atom. The highest BCUT2D eigenvalue weighted by Crippen LogP contribution is 2.33. The summed E-state index contributed by atoms with van der Waals surface area (Å²) < 4.78 is 0. The number of carbonyl (C=O) groups is 2. The summed E-state index contributed by atoms with van der Waals surface area (Å²) in [5.74, 6) is 0.170. The SMILES string of the molecule is NC(=O)CCN(C(=O)CC1CC2CCC(C1)N2)c1ccccc1. The lowest BCUT2D eigenvalue weighted by Gasteiger charge is -2.31. The van der Waals surface area contributed by atoms with Gasteiger partial charge in [0.05, 0.1) is 0 Å². The molecule has 5 nitrogen and oxygen atoms in total. The molecule has 23 heavy (non-hydrogen) atoms. The van der Waals surface area contributed by atoms with E-state index in [9.17, 15) is 9.59 Å². The molecule has 0 spiro atoms. The van der Waals surface area contributed by atoms with Gasteiger partial charge in [-0.25, -0.2) is 0 Å². The number of nitrogens with two attached hydrogens (primary N) is 1. The number of benzene rings is 1. The predicted octanol–water partition coefficient (Wildman–Crippen LogP) is 1.82. The highest BCUT2D eigenvalue weighted by atomic mass is 16.2. The fourth-order valence-corrected chi connectivity index (χ4v) is 3.93. The number of fused-ring (bicyclic) bond motifs is 2. The number of piperidine rings is 1. The quantitative estimate of drug-likeness (QED) is 0.841. The Morgan fingerprint density at radius 2 is 1.78 bits per heavy atom. The molecule has 2 saturated heterocycles. The molecule has 0 saturated carbocycles. The van der Waals surface area contributed by atoms with E-state index in [2.05, 4.69) is 5.32 Å². The van der Waals surface area contributed by atoms with E-state index in [1.54, 1.807) is 4.90 Å².